The molecule has 2 aliphatic rings. The number of carbonyl (C=O) groups excluding carboxylic acids is 1. The number of hydrogen-bond acceptors (Lipinski definition) is 6. The van der Waals surface area contributed by atoms with Gasteiger partial charge in [-0.2, -0.15) is 0 Å². The Bertz CT molecular complexity index is 761. The monoisotopic (exact) mass is 325 g/mol. The molecule has 24 heavy (non-hydrogen) atoms. The van der Waals surface area contributed by atoms with Crippen LogP contribution in [0.15, 0.2) is 25.0 Å². The first-order chi connectivity index (χ1) is 11.6. The lowest BCUT2D eigenvalue weighted by molar-refractivity contribution is -0.141. The van der Waals surface area contributed by atoms with Crippen molar-refractivity contribution in [3.8, 4) is 11.3 Å². The molecule has 1 fully saturated rings. The van der Waals surface area contributed by atoms with E-state index in [9.17, 15) is 9.90 Å². The first-order valence-corrected chi connectivity index (χ1v) is 8.23. The van der Waals surface area contributed by atoms with Gasteiger partial charge in [0.1, 0.15) is 12.7 Å². The lowest BCUT2D eigenvalue weighted by atomic mass is 9.77. The Morgan fingerprint density at radius 3 is 2.71 bits per heavy atom. The second kappa shape index (κ2) is 5.90. The van der Waals surface area contributed by atoms with Crippen molar-refractivity contribution in [1.29, 1.82) is 0 Å². The Hall–Kier alpha value is -2.41. The average Bonchev–Trinajstić information content (AvgIpc) is 2.60. The van der Waals surface area contributed by atoms with Crippen molar-refractivity contribution < 1.29 is 9.90 Å². The molecule has 1 N–H and O–H groups in total. The van der Waals surface area contributed by atoms with E-state index in [0.717, 1.165) is 41.8 Å². The van der Waals surface area contributed by atoms with E-state index in [-0.39, 0.29) is 12.3 Å². The first-order valence-electron chi connectivity index (χ1n) is 8.23. The van der Waals surface area contributed by atoms with Gasteiger partial charge >= 0.3 is 0 Å². The Balaban J connectivity index is 1.59. The Morgan fingerprint density at radius 1 is 1.21 bits per heavy atom. The highest BCUT2D eigenvalue weighted by Gasteiger charge is 2.38. The Morgan fingerprint density at radius 2 is 2.00 bits per heavy atom. The zero-order valence-corrected chi connectivity index (χ0v) is 13.4. The molecule has 0 unspecified atom stereocenters. The summed E-state index contributed by atoms with van der Waals surface area (Å²) in [4.78, 5) is 31.2. The summed E-state index contributed by atoms with van der Waals surface area (Å²) in [5.41, 5.74) is 2.73. The van der Waals surface area contributed by atoms with Crippen LogP contribution >= 0.6 is 0 Å². The third kappa shape index (κ3) is 2.75. The van der Waals surface area contributed by atoms with E-state index in [4.69, 9.17) is 0 Å². The number of carbonyl (C=O) groups is 1. The maximum atomic E-state index is 12.6. The van der Waals surface area contributed by atoms with E-state index >= 15 is 0 Å². The normalized spacial score (nSPS) is 18.6. The quantitative estimate of drug-likeness (QED) is 0.909. The summed E-state index contributed by atoms with van der Waals surface area (Å²) in [5.74, 6) is 0.00182. The molecule has 3 heterocycles. The van der Waals surface area contributed by atoms with Crippen LogP contribution in [0.1, 0.15) is 36.9 Å². The molecule has 0 atom stereocenters. The molecular weight excluding hydrogens is 306 g/mol. The van der Waals surface area contributed by atoms with Crippen molar-refractivity contribution in [2.75, 3.05) is 6.54 Å². The number of nitrogens with zero attached hydrogens (tertiary/aromatic N) is 5. The van der Waals surface area contributed by atoms with Crippen LogP contribution < -0.4 is 0 Å². The molecule has 0 spiro atoms. The number of hydrogen-bond donors (Lipinski definition) is 1. The average molecular weight is 325 g/mol. The predicted molar refractivity (Wildman–Crippen MR) is 85.6 cm³/mol. The highest BCUT2D eigenvalue weighted by molar-refractivity contribution is 5.78. The predicted octanol–water partition coefficient (Wildman–Crippen LogP) is 1.12. The minimum absolute atomic E-state index is 0.00182. The van der Waals surface area contributed by atoms with Gasteiger partial charge in [0.25, 0.3) is 0 Å². The van der Waals surface area contributed by atoms with Gasteiger partial charge in [0.15, 0.2) is 0 Å². The van der Waals surface area contributed by atoms with Crippen molar-refractivity contribution in [2.45, 2.75) is 44.2 Å². The van der Waals surface area contributed by atoms with Crippen molar-refractivity contribution in [2.24, 2.45) is 0 Å². The maximum absolute atomic E-state index is 12.6. The van der Waals surface area contributed by atoms with Gasteiger partial charge in [-0.1, -0.05) is 0 Å². The van der Waals surface area contributed by atoms with Crippen LogP contribution in [-0.4, -0.2) is 48.0 Å². The van der Waals surface area contributed by atoms with Crippen molar-refractivity contribution in [3.05, 3.63) is 36.3 Å². The summed E-state index contributed by atoms with van der Waals surface area (Å²) in [6.45, 7) is 1.10. The molecule has 2 aromatic rings. The summed E-state index contributed by atoms with van der Waals surface area (Å²) < 4.78 is 0. The standard InChI is InChI=1S/C17H19N5O2/c23-15(6-17(24)3-1-4-17)22-5-2-14-13(9-22)16(21-11-20-14)12-7-18-10-19-8-12/h7-8,10-11,24H,1-6,9H2. The molecule has 0 aromatic carbocycles. The maximum Gasteiger partial charge on any atom is 0.225 e. The first kappa shape index (κ1) is 15.1. The highest BCUT2D eigenvalue weighted by atomic mass is 16.3. The highest BCUT2D eigenvalue weighted by Crippen LogP contribution is 2.36. The SMILES string of the molecule is O=C(CC1(O)CCC1)N1CCc2ncnc(-c3cncnc3)c2C1. The van der Waals surface area contributed by atoms with Gasteiger partial charge < -0.3 is 10.0 Å². The third-order valence-corrected chi connectivity index (χ3v) is 4.95. The summed E-state index contributed by atoms with van der Waals surface area (Å²) >= 11 is 0. The van der Waals surface area contributed by atoms with Crippen molar-refractivity contribution in [1.82, 2.24) is 24.8 Å². The molecule has 1 amide bonds. The lowest BCUT2D eigenvalue weighted by Gasteiger charge is -2.38. The number of aromatic nitrogens is 4. The summed E-state index contributed by atoms with van der Waals surface area (Å²) in [5, 5.41) is 10.3. The van der Waals surface area contributed by atoms with Gasteiger partial charge in [-0.15, -0.1) is 0 Å². The van der Waals surface area contributed by atoms with Gasteiger partial charge in [-0.05, 0) is 19.3 Å². The van der Waals surface area contributed by atoms with E-state index in [0.29, 0.717) is 19.5 Å². The molecule has 1 saturated carbocycles. The molecule has 124 valence electrons. The molecule has 1 aliphatic heterocycles. The largest absolute Gasteiger partial charge is 0.389 e. The van der Waals surface area contributed by atoms with E-state index < -0.39 is 5.60 Å². The molecule has 7 nitrogen and oxygen atoms in total. The molecule has 7 heteroatoms. The van der Waals surface area contributed by atoms with Gasteiger partial charge in [-0.3, -0.25) is 4.79 Å². The van der Waals surface area contributed by atoms with Crippen molar-refractivity contribution in [3.63, 3.8) is 0 Å². The smallest absolute Gasteiger partial charge is 0.225 e. The third-order valence-electron chi connectivity index (χ3n) is 4.95. The van der Waals surface area contributed by atoms with Crippen LogP contribution in [0.3, 0.4) is 0 Å². The van der Waals surface area contributed by atoms with Crippen LogP contribution in [-0.2, 0) is 17.8 Å². The summed E-state index contributed by atoms with van der Waals surface area (Å²) in [7, 11) is 0. The van der Waals surface area contributed by atoms with Gasteiger partial charge in [0.05, 0.1) is 23.4 Å². The van der Waals surface area contributed by atoms with Gasteiger partial charge in [0.2, 0.25) is 5.91 Å². The molecule has 0 saturated heterocycles. The zero-order chi connectivity index (χ0) is 16.6. The second-order valence-corrected chi connectivity index (χ2v) is 6.59. The Labute approximate surface area is 139 Å². The minimum Gasteiger partial charge on any atom is -0.389 e. The number of rotatable bonds is 3. The molecule has 4 rings (SSSR count). The fourth-order valence-electron chi connectivity index (χ4n) is 3.38. The van der Waals surface area contributed by atoms with E-state index in [1.807, 2.05) is 0 Å². The van der Waals surface area contributed by atoms with E-state index in [1.165, 1.54) is 6.33 Å². The molecule has 0 bridgehead atoms. The summed E-state index contributed by atoms with van der Waals surface area (Å²) in [6, 6.07) is 0. The molecule has 1 aliphatic carbocycles. The molecular formula is C17H19N5O2. The minimum atomic E-state index is -0.791. The lowest BCUT2D eigenvalue weighted by Crippen LogP contribution is -2.45. The zero-order valence-electron chi connectivity index (χ0n) is 13.4. The molecule has 0 radical (unpaired) electrons. The number of fused-ring (bicyclic) bond motifs is 1. The summed E-state index contributed by atoms with van der Waals surface area (Å²) in [6.07, 6.45) is 9.81. The van der Waals surface area contributed by atoms with Crippen molar-refractivity contribution >= 4 is 5.91 Å². The van der Waals surface area contributed by atoms with E-state index in [2.05, 4.69) is 19.9 Å². The Kier molecular flexibility index (Phi) is 3.72. The van der Waals surface area contributed by atoms with Gasteiger partial charge in [-0.25, -0.2) is 19.9 Å². The van der Waals surface area contributed by atoms with Crippen LogP contribution in [0.2, 0.25) is 0 Å². The number of amides is 1. The fourth-order valence-corrected chi connectivity index (χ4v) is 3.38. The van der Waals surface area contributed by atoms with Crippen LogP contribution in [0, 0.1) is 0 Å². The van der Waals surface area contributed by atoms with Crippen LogP contribution in [0.25, 0.3) is 11.3 Å². The topological polar surface area (TPSA) is 92.1 Å². The fraction of sp³-hybridized carbons (Fsp3) is 0.471. The molecule has 2 aromatic heterocycles. The van der Waals surface area contributed by atoms with Crippen LogP contribution in [0.4, 0.5) is 0 Å². The van der Waals surface area contributed by atoms with Crippen LogP contribution in [0.5, 0.6) is 0 Å². The second-order valence-electron chi connectivity index (χ2n) is 6.59. The van der Waals surface area contributed by atoms with E-state index in [1.54, 1.807) is 23.6 Å². The number of aliphatic hydroxyl groups is 1. The van der Waals surface area contributed by atoms with Gasteiger partial charge in [0, 0.05) is 43.0 Å².